The fraction of sp³-hybridized carbons (Fsp3) is 0.765. The maximum atomic E-state index is 5.64. The molecule has 0 aliphatic carbocycles. The van der Waals surface area contributed by atoms with E-state index in [-0.39, 0.29) is 0 Å². The van der Waals surface area contributed by atoms with E-state index >= 15 is 0 Å². The zero-order valence-electron chi connectivity index (χ0n) is 13.1. The van der Waals surface area contributed by atoms with Gasteiger partial charge in [0.1, 0.15) is 0 Å². The highest BCUT2D eigenvalue weighted by atomic mass is 32.1. The van der Waals surface area contributed by atoms with Crippen molar-refractivity contribution in [2.75, 3.05) is 0 Å². The first-order valence-electron chi connectivity index (χ1n) is 8.36. The summed E-state index contributed by atoms with van der Waals surface area (Å²) < 4.78 is 0. The number of unbranched alkanes of at least 4 members (excludes halogenated alkanes) is 9. The molecule has 1 unspecified atom stereocenters. The second kappa shape index (κ2) is 12.4. The SMILES string of the molecule is CCCCCCCCCCCCC(NN)c1ccsc1. The average molecular weight is 297 g/mol. The van der Waals surface area contributed by atoms with Gasteiger partial charge in [-0.05, 0) is 28.8 Å². The molecular formula is C17H32N2S. The Hall–Kier alpha value is -0.380. The van der Waals surface area contributed by atoms with Crippen LogP contribution in [0, 0.1) is 0 Å². The first-order valence-corrected chi connectivity index (χ1v) is 9.31. The molecule has 0 bridgehead atoms. The topological polar surface area (TPSA) is 38.0 Å². The normalized spacial score (nSPS) is 12.7. The molecule has 0 aromatic carbocycles. The number of nitrogens with two attached hydrogens (primary N) is 1. The molecule has 3 N–H and O–H groups in total. The summed E-state index contributed by atoms with van der Waals surface area (Å²) in [5, 5.41) is 4.32. The molecule has 2 nitrogen and oxygen atoms in total. The minimum atomic E-state index is 0.343. The van der Waals surface area contributed by atoms with Crippen LogP contribution in [0.4, 0.5) is 0 Å². The van der Waals surface area contributed by atoms with Crippen molar-refractivity contribution in [3.05, 3.63) is 22.4 Å². The fourth-order valence-corrected chi connectivity index (χ4v) is 3.37. The van der Waals surface area contributed by atoms with Crippen LogP contribution >= 0.6 is 11.3 Å². The van der Waals surface area contributed by atoms with E-state index < -0.39 is 0 Å². The monoisotopic (exact) mass is 296 g/mol. The maximum Gasteiger partial charge on any atom is 0.0468 e. The molecule has 0 saturated heterocycles. The molecule has 0 amide bonds. The molecule has 20 heavy (non-hydrogen) atoms. The van der Waals surface area contributed by atoms with Gasteiger partial charge in [-0.25, -0.2) is 0 Å². The Morgan fingerprint density at radius 2 is 1.60 bits per heavy atom. The summed E-state index contributed by atoms with van der Waals surface area (Å²) in [6.07, 6.45) is 15.1. The Kier molecular flexibility index (Phi) is 10.9. The van der Waals surface area contributed by atoms with Crippen LogP contribution in [0.1, 0.15) is 89.2 Å². The third-order valence-electron chi connectivity index (χ3n) is 3.99. The quantitative estimate of drug-likeness (QED) is 0.284. The summed E-state index contributed by atoms with van der Waals surface area (Å²) in [6, 6.07) is 2.51. The standard InChI is InChI=1S/C17H32N2S/c1-2-3-4-5-6-7-8-9-10-11-12-17(19-18)16-13-14-20-15-16/h13-15,17,19H,2-12,18H2,1H3. The number of rotatable bonds is 13. The van der Waals surface area contributed by atoms with Crippen molar-refractivity contribution in [1.29, 1.82) is 0 Å². The number of hydrogen-bond donors (Lipinski definition) is 2. The van der Waals surface area contributed by atoms with Crippen LogP contribution in [0.2, 0.25) is 0 Å². The Morgan fingerprint density at radius 1 is 1.00 bits per heavy atom. The molecule has 3 heteroatoms. The molecule has 1 heterocycles. The largest absolute Gasteiger partial charge is 0.271 e. The van der Waals surface area contributed by atoms with Crippen LogP contribution in [0.5, 0.6) is 0 Å². The van der Waals surface area contributed by atoms with Gasteiger partial charge in [0.05, 0.1) is 0 Å². The molecule has 0 aliphatic heterocycles. The molecule has 0 radical (unpaired) electrons. The number of hydrogen-bond acceptors (Lipinski definition) is 3. The van der Waals surface area contributed by atoms with E-state index in [0.717, 1.165) is 6.42 Å². The van der Waals surface area contributed by atoms with E-state index in [0.29, 0.717) is 6.04 Å². The molecule has 0 fully saturated rings. The highest BCUT2D eigenvalue weighted by Gasteiger charge is 2.08. The lowest BCUT2D eigenvalue weighted by molar-refractivity contribution is 0.475. The van der Waals surface area contributed by atoms with Crippen LogP contribution in [0.25, 0.3) is 0 Å². The highest BCUT2D eigenvalue weighted by molar-refractivity contribution is 7.07. The number of hydrazine groups is 1. The second-order valence-electron chi connectivity index (χ2n) is 5.75. The smallest absolute Gasteiger partial charge is 0.0468 e. The molecule has 1 atom stereocenters. The molecular weight excluding hydrogens is 264 g/mol. The van der Waals surface area contributed by atoms with Crippen molar-refractivity contribution in [3.63, 3.8) is 0 Å². The van der Waals surface area contributed by atoms with E-state index in [4.69, 9.17) is 5.84 Å². The van der Waals surface area contributed by atoms with Gasteiger partial charge in [-0.3, -0.25) is 11.3 Å². The molecule has 1 aromatic heterocycles. The van der Waals surface area contributed by atoms with E-state index in [1.54, 1.807) is 11.3 Å². The van der Waals surface area contributed by atoms with Crippen molar-refractivity contribution in [3.8, 4) is 0 Å². The lowest BCUT2D eigenvalue weighted by Crippen LogP contribution is -2.27. The van der Waals surface area contributed by atoms with Gasteiger partial charge >= 0.3 is 0 Å². The molecule has 0 spiro atoms. The van der Waals surface area contributed by atoms with Crippen molar-refractivity contribution in [2.45, 2.75) is 83.6 Å². The summed E-state index contributed by atoms with van der Waals surface area (Å²) in [5.74, 6) is 5.64. The van der Waals surface area contributed by atoms with Gasteiger partial charge in [-0.2, -0.15) is 11.3 Å². The van der Waals surface area contributed by atoms with Crippen LogP contribution < -0.4 is 11.3 Å². The lowest BCUT2D eigenvalue weighted by atomic mass is 10.0. The van der Waals surface area contributed by atoms with E-state index in [2.05, 4.69) is 29.2 Å². The maximum absolute atomic E-state index is 5.64. The third kappa shape index (κ3) is 8.03. The zero-order valence-corrected chi connectivity index (χ0v) is 13.9. The lowest BCUT2D eigenvalue weighted by Gasteiger charge is -2.14. The highest BCUT2D eigenvalue weighted by Crippen LogP contribution is 2.21. The van der Waals surface area contributed by atoms with Gasteiger partial charge in [0.2, 0.25) is 0 Å². The van der Waals surface area contributed by atoms with Crippen molar-refractivity contribution < 1.29 is 0 Å². The summed E-state index contributed by atoms with van der Waals surface area (Å²) >= 11 is 1.75. The van der Waals surface area contributed by atoms with Gasteiger partial charge in [0.25, 0.3) is 0 Å². The Balaban J connectivity index is 1.91. The number of thiophene rings is 1. The van der Waals surface area contributed by atoms with Crippen molar-refractivity contribution >= 4 is 11.3 Å². The average Bonchev–Trinajstić information content (AvgIpc) is 2.99. The van der Waals surface area contributed by atoms with Gasteiger partial charge in [0, 0.05) is 6.04 Å². The third-order valence-corrected chi connectivity index (χ3v) is 4.69. The summed E-state index contributed by atoms with van der Waals surface area (Å²) in [7, 11) is 0. The molecule has 0 saturated carbocycles. The molecule has 116 valence electrons. The summed E-state index contributed by atoms with van der Waals surface area (Å²) in [6.45, 7) is 2.28. The van der Waals surface area contributed by atoms with Crippen LogP contribution in [0.15, 0.2) is 16.8 Å². The molecule has 0 aliphatic rings. The Labute approximate surface area is 129 Å². The second-order valence-corrected chi connectivity index (χ2v) is 6.53. The van der Waals surface area contributed by atoms with E-state index in [1.807, 2.05) is 0 Å². The fourth-order valence-electron chi connectivity index (χ4n) is 2.66. The molecule has 1 rings (SSSR count). The van der Waals surface area contributed by atoms with Gasteiger partial charge in [-0.15, -0.1) is 0 Å². The van der Waals surface area contributed by atoms with Crippen LogP contribution in [-0.2, 0) is 0 Å². The number of nitrogens with one attached hydrogen (secondary N) is 1. The first-order chi connectivity index (χ1) is 9.88. The van der Waals surface area contributed by atoms with E-state index in [9.17, 15) is 0 Å². The van der Waals surface area contributed by atoms with Gasteiger partial charge < -0.3 is 0 Å². The van der Waals surface area contributed by atoms with Crippen LogP contribution in [-0.4, -0.2) is 0 Å². The summed E-state index contributed by atoms with van der Waals surface area (Å²) in [4.78, 5) is 0. The van der Waals surface area contributed by atoms with E-state index in [1.165, 1.54) is 69.8 Å². The summed E-state index contributed by atoms with van der Waals surface area (Å²) in [5.41, 5.74) is 4.28. The predicted octanol–water partition coefficient (Wildman–Crippen LogP) is 5.56. The first kappa shape index (κ1) is 17.7. The van der Waals surface area contributed by atoms with Crippen LogP contribution in [0.3, 0.4) is 0 Å². The predicted molar refractivity (Wildman–Crippen MR) is 90.8 cm³/mol. The van der Waals surface area contributed by atoms with Gasteiger partial charge in [-0.1, -0.05) is 71.1 Å². The van der Waals surface area contributed by atoms with Gasteiger partial charge in [0.15, 0.2) is 0 Å². The Bertz CT molecular complexity index is 298. The minimum absolute atomic E-state index is 0.343. The zero-order chi connectivity index (χ0) is 14.5. The van der Waals surface area contributed by atoms with Crippen molar-refractivity contribution in [2.24, 2.45) is 5.84 Å². The Morgan fingerprint density at radius 3 is 2.10 bits per heavy atom. The minimum Gasteiger partial charge on any atom is -0.271 e. The van der Waals surface area contributed by atoms with Crippen molar-refractivity contribution in [1.82, 2.24) is 5.43 Å². The molecule has 1 aromatic rings.